The van der Waals surface area contributed by atoms with Gasteiger partial charge in [0.05, 0.1) is 17.4 Å². The Morgan fingerprint density at radius 1 is 1.12 bits per heavy atom. The molecule has 3 aromatic rings. The van der Waals surface area contributed by atoms with Crippen molar-refractivity contribution in [1.82, 2.24) is 20.3 Å². The molecule has 5 nitrogen and oxygen atoms in total. The molecule has 24 heavy (non-hydrogen) atoms. The Morgan fingerprint density at radius 3 is 2.46 bits per heavy atom. The van der Waals surface area contributed by atoms with E-state index in [1.165, 1.54) is 16.8 Å². The van der Waals surface area contributed by atoms with Crippen molar-refractivity contribution in [2.45, 2.75) is 19.9 Å². The molecule has 0 bridgehead atoms. The summed E-state index contributed by atoms with van der Waals surface area (Å²) in [6, 6.07) is 15.4. The van der Waals surface area contributed by atoms with Crippen LogP contribution in [-0.2, 0) is 0 Å². The number of benzene rings is 2. The Balaban J connectivity index is 1.80. The first kappa shape index (κ1) is 15.9. The van der Waals surface area contributed by atoms with Gasteiger partial charge in [0, 0.05) is 0 Å². The van der Waals surface area contributed by atoms with Crippen LogP contribution in [0.1, 0.15) is 34.7 Å². The van der Waals surface area contributed by atoms with Crippen LogP contribution in [0.5, 0.6) is 0 Å². The van der Waals surface area contributed by atoms with Crippen LogP contribution in [0.15, 0.2) is 54.6 Å². The van der Waals surface area contributed by atoms with Gasteiger partial charge in [0.25, 0.3) is 5.91 Å². The highest BCUT2D eigenvalue weighted by molar-refractivity contribution is 5.93. The molecule has 1 aromatic heterocycles. The molecule has 0 aliphatic carbocycles. The first-order valence-corrected chi connectivity index (χ1v) is 7.60. The summed E-state index contributed by atoms with van der Waals surface area (Å²) in [6.45, 7) is 3.67. The van der Waals surface area contributed by atoms with E-state index in [0.717, 1.165) is 5.56 Å². The van der Waals surface area contributed by atoms with Crippen LogP contribution in [0.25, 0.3) is 5.69 Å². The van der Waals surface area contributed by atoms with Crippen LogP contribution in [-0.4, -0.2) is 20.9 Å². The number of aromatic nitrogens is 3. The normalized spacial score (nSPS) is 12.0. The molecule has 0 saturated carbocycles. The second kappa shape index (κ2) is 6.62. The van der Waals surface area contributed by atoms with Crippen molar-refractivity contribution in [3.8, 4) is 5.69 Å². The number of nitrogens with zero attached hydrogens (tertiary/aromatic N) is 3. The Morgan fingerprint density at radius 2 is 1.79 bits per heavy atom. The lowest BCUT2D eigenvalue weighted by Crippen LogP contribution is -2.27. The smallest absolute Gasteiger partial charge is 0.274 e. The van der Waals surface area contributed by atoms with Gasteiger partial charge in [-0.2, -0.15) is 0 Å². The van der Waals surface area contributed by atoms with Gasteiger partial charge >= 0.3 is 0 Å². The largest absolute Gasteiger partial charge is 0.344 e. The van der Waals surface area contributed by atoms with Gasteiger partial charge in [-0.25, -0.2) is 9.07 Å². The summed E-state index contributed by atoms with van der Waals surface area (Å²) in [5, 5.41) is 10.9. The fourth-order valence-corrected chi connectivity index (χ4v) is 2.46. The zero-order valence-electron chi connectivity index (χ0n) is 13.4. The maximum atomic E-state index is 13.0. The standard InChI is InChI=1S/C18H17FN4O/c1-12(14-6-4-3-5-7-14)20-18(24)17-13(2)23(22-21-17)16-10-8-15(19)9-11-16/h3-12H,1-2H3,(H,20,24). The summed E-state index contributed by atoms with van der Waals surface area (Å²) in [5.74, 6) is -0.622. The summed E-state index contributed by atoms with van der Waals surface area (Å²) < 4.78 is 14.5. The van der Waals surface area contributed by atoms with E-state index >= 15 is 0 Å². The maximum absolute atomic E-state index is 13.0. The van der Waals surface area contributed by atoms with Crippen molar-refractivity contribution in [2.24, 2.45) is 0 Å². The first-order valence-electron chi connectivity index (χ1n) is 7.60. The van der Waals surface area contributed by atoms with Gasteiger partial charge in [-0.1, -0.05) is 35.5 Å². The third-order valence-corrected chi connectivity index (χ3v) is 3.83. The van der Waals surface area contributed by atoms with Crippen LogP contribution < -0.4 is 5.32 Å². The van der Waals surface area contributed by atoms with Gasteiger partial charge in [0.2, 0.25) is 0 Å². The quantitative estimate of drug-likeness (QED) is 0.802. The van der Waals surface area contributed by atoms with Gasteiger partial charge in [-0.15, -0.1) is 5.10 Å². The molecule has 122 valence electrons. The van der Waals surface area contributed by atoms with Crippen LogP contribution >= 0.6 is 0 Å². The Labute approximate surface area is 139 Å². The molecule has 0 fully saturated rings. The SMILES string of the molecule is Cc1c(C(=O)NC(C)c2ccccc2)nnn1-c1ccc(F)cc1. The summed E-state index contributed by atoms with van der Waals surface area (Å²) >= 11 is 0. The summed E-state index contributed by atoms with van der Waals surface area (Å²) in [5.41, 5.74) is 2.51. The Hall–Kier alpha value is -3.02. The first-order chi connectivity index (χ1) is 11.6. The van der Waals surface area contributed by atoms with Gasteiger partial charge in [-0.05, 0) is 43.7 Å². The Bertz CT molecular complexity index is 843. The molecule has 0 saturated heterocycles. The molecule has 1 unspecified atom stereocenters. The molecule has 2 aromatic carbocycles. The van der Waals surface area contributed by atoms with Crippen molar-refractivity contribution >= 4 is 5.91 Å². The average molecular weight is 324 g/mol. The summed E-state index contributed by atoms with van der Waals surface area (Å²) in [4.78, 5) is 12.5. The molecule has 0 aliphatic rings. The minimum Gasteiger partial charge on any atom is -0.344 e. The highest BCUT2D eigenvalue weighted by Crippen LogP contribution is 2.15. The molecule has 6 heteroatoms. The molecule has 0 spiro atoms. The third-order valence-electron chi connectivity index (χ3n) is 3.83. The molecule has 1 heterocycles. The molecule has 1 N–H and O–H groups in total. The van der Waals surface area contributed by atoms with Crippen molar-refractivity contribution < 1.29 is 9.18 Å². The number of hydrogen-bond acceptors (Lipinski definition) is 3. The minimum absolute atomic E-state index is 0.144. The second-order valence-electron chi connectivity index (χ2n) is 5.52. The van der Waals surface area contributed by atoms with E-state index in [-0.39, 0.29) is 23.5 Å². The molecular weight excluding hydrogens is 307 g/mol. The van der Waals surface area contributed by atoms with Crippen molar-refractivity contribution in [3.63, 3.8) is 0 Å². The number of carbonyl (C=O) groups excluding carboxylic acids is 1. The second-order valence-corrected chi connectivity index (χ2v) is 5.52. The Kier molecular flexibility index (Phi) is 4.37. The third kappa shape index (κ3) is 3.17. The van der Waals surface area contributed by atoms with Gasteiger partial charge in [0.15, 0.2) is 5.69 Å². The van der Waals surface area contributed by atoms with Crippen molar-refractivity contribution in [2.75, 3.05) is 0 Å². The number of rotatable bonds is 4. The van der Waals surface area contributed by atoms with E-state index in [9.17, 15) is 9.18 Å². The van der Waals surface area contributed by atoms with Crippen molar-refractivity contribution in [1.29, 1.82) is 0 Å². The van der Waals surface area contributed by atoms with Gasteiger partial charge < -0.3 is 5.32 Å². The van der Waals surface area contributed by atoms with Gasteiger partial charge in [-0.3, -0.25) is 4.79 Å². The lowest BCUT2D eigenvalue weighted by molar-refractivity contribution is 0.0934. The number of halogens is 1. The molecular formula is C18H17FN4O. The van der Waals surface area contributed by atoms with Crippen LogP contribution in [0.2, 0.25) is 0 Å². The minimum atomic E-state index is -0.328. The molecule has 1 atom stereocenters. The van der Waals surface area contributed by atoms with E-state index in [0.29, 0.717) is 11.4 Å². The fraction of sp³-hybridized carbons (Fsp3) is 0.167. The molecule has 3 rings (SSSR count). The van der Waals surface area contributed by atoms with E-state index in [1.54, 1.807) is 19.1 Å². The molecule has 0 radical (unpaired) electrons. The van der Waals surface area contributed by atoms with E-state index < -0.39 is 0 Å². The fourth-order valence-electron chi connectivity index (χ4n) is 2.46. The number of hydrogen-bond donors (Lipinski definition) is 1. The number of amides is 1. The summed E-state index contributed by atoms with van der Waals surface area (Å²) in [7, 11) is 0. The summed E-state index contributed by atoms with van der Waals surface area (Å²) in [6.07, 6.45) is 0. The maximum Gasteiger partial charge on any atom is 0.274 e. The van der Waals surface area contributed by atoms with E-state index in [1.807, 2.05) is 37.3 Å². The highest BCUT2D eigenvalue weighted by Gasteiger charge is 2.19. The van der Waals surface area contributed by atoms with Crippen molar-refractivity contribution in [3.05, 3.63) is 77.4 Å². The van der Waals surface area contributed by atoms with Gasteiger partial charge in [0.1, 0.15) is 5.82 Å². The zero-order valence-corrected chi connectivity index (χ0v) is 13.4. The predicted octanol–water partition coefficient (Wildman–Crippen LogP) is 3.21. The zero-order chi connectivity index (χ0) is 17.1. The topological polar surface area (TPSA) is 59.8 Å². The van der Waals surface area contributed by atoms with Crippen LogP contribution in [0.3, 0.4) is 0 Å². The lowest BCUT2D eigenvalue weighted by atomic mass is 10.1. The average Bonchev–Trinajstić information content (AvgIpc) is 2.98. The monoisotopic (exact) mass is 324 g/mol. The van der Waals surface area contributed by atoms with E-state index in [4.69, 9.17) is 0 Å². The van der Waals surface area contributed by atoms with E-state index in [2.05, 4.69) is 15.6 Å². The predicted molar refractivity (Wildman–Crippen MR) is 88.4 cm³/mol. The molecule has 1 amide bonds. The van der Waals surface area contributed by atoms with Crippen LogP contribution in [0, 0.1) is 12.7 Å². The number of carbonyl (C=O) groups is 1. The highest BCUT2D eigenvalue weighted by atomic mass is 19.1. The molecule has 0 aliphatic heterocycles. The van der Waals surface area contributed by atoms with Crippen LogP contribution in [0.4, 0.5) is 4.39 Å². The number of nitrogens with one attached hydrogen (secondary N) is 1. The lowest BCUT2D eigenvalue weighted by Gasteiger charge is -2.13.